The number of hydrogen-bond acceptors (Lipinski definition) is 3. The van der Waals surface area contributed by atoms with Gasteiger partial charge in [-0.15, -0.1) is 0 Å². The third kappa shape index (κ3) is 2.46. The second-order valence-electron chi connectivity index (χ2n) is 5.93. The fourth-order valence-corrected chi connectivity index (χ4v) is 3.12. The monoisotopic (exact) mass is 292 g/mol. The fourth-order valence-electron chi connectivity index (χ4n) is 3.12. The number of hydrogen-bond donors (Lipinski definition) is 1. The number of benzene rings is 1. The van der Waals surface area contributed by atoms with Gasteiger partial charge in [0, 0.05) is 37.7 Å². The zero-order valence-electron chi connectivity index (χ0n) is 12.8. The molecule has 3 heterocycles. The summed E-state index contributed by atoms with van der Waals surface area (Å²) in [4.78, 5) is 7.17. The summed E-state index contributed by atoms with van der Waals surface area (Å²) in [7, 11) is 0. The van der Waals surface area contributed by atoms with Crippen molar-refractivity contribution in [2.75, 3.05) is 18.0 Å². The van der Waals surface area contributed by atoms with E-state index in [4.69, 9.17) is 4.98 Å². The Morgan fingerprint density at radius 1 is 1.14 bits per heavy atom. The molecule has 4 rings (SSSR count). The second kappa shape index (κ2) is 5.46. The van der Waals surface area contributed by atoms with Gasteiger partial charge < -0.3 is 14.6 Å². The summed E-state index contributed by atoms with van der Waals surface area (Å²) >= 11 is 0. The quantitative estimate of drug-likeness (QED) is 0.788. The zero-order valence-corrected chi connectivity index (χ0v) is 12.8. The van der Waals surface area contributed by atoms with Crippen LogP contribution in [0.3, 0.4) is 0 Å². The van der Waals surface area contributed by atoms with Crippen LogP contribution in [0, 0.1) is 6.92 Å². The van der Waals surface area contributed by atoms with Crippen LogP contribution in [0.2, 0.25) is 0 Å². The predicted octanol–water partition coefficient (Wildman–Crippen LogP) is 2.75. The van der Waals surface area contributed by atoms with E-state index in [1.807, 2.05) is 0 Å². The highest BCUT2D eigenvalue weighted by molar-refractivity contribution is 5.55. The maximum absolute atomic E-state index is 4.75. The van der Waals surface area contributed by atoms with Crippen LogP contribution in [0.5, 0.6) is 0 Å². The molecule has 0 radical (unpaired) electrons. The first kappa shape index (κ1) is 13.3. The Bertz CT molecular complexity index is 806. The molecule has 0 spiro atoms. The number of rotatable bonds is 2. The minimum atomic E-state index is 0.847. The standard InChI is InChI=1S/C18H20N4/c1-14-6-7-18-20-16(13-22(18)11-14)12-21-9-8-19-10-15-4-2-3-5-17(15)21/h2-7,11,13,19H,8-10,12H2,1H3. The Kier molecular flexibility index (Phi) is 3.31. The maximum atomic E-state index is 4.75. The fraction of sp³-hybridized carbons (Fsp3) is 0.278. The molecule has 0 fully saturated rings. The largest absolute Gasteiger partial charge is 0.364 e. The Hall–Kier alpha value is -2.33. The van der Waals surface area contributed by atoms with Crippen molar-refractivity contribution in [1.82, 2.24) is 14.7 Å². The number of fused-ring (bicyclic) bond motifs is 2. The third-order valence-corrected chi connectivity index (χ3v) is 4.21. The van der Waals surface area contributed by atoms with Crippen LogP contribution in [0.25, 0.3) is 5.65 Å². The van der Waals surface area contributed by atoms with E-state index in [-0.39, 0.29) is 0 Å². The van der Waals surface area contributed by atoms with E-state index >= 15 is 0 Å². The summed E-state index contributed by atoms with van der Waals surface area (Å²) < 4.78 is 2.12. The van der Waals surface area contributed by atoms with Gasteiger partial charge in [0.15, 0.2) is 0 Å². The molecule has 3 aromatic rings. The predicted molar refractivity (Wildman–Crippen MR) is 89.1 cm³/mol. The van der Waals surface area contributed by atoms with Crippen molar-refractivity contribution < 1.29 is 0 Å². The Morgan fingerprint density at radius 3 is 3.00 bits per heavy atom. The van der Waals surface area contributed by atoms with E-state index in [9.17, 15) is 0 Å². The Morgan fingerprint density at radius 2 is 2.05 bits per heavy atom. The van der Waals surface area contributed by atoms with E-state index < -0.39 is 0 Å². The molecular weight excluding hydrogens is 272 g/mol. The SMILES string of the molecule is Cc1ccc2nc(CN3CCNCc4ccccc43)cn2c1. The molecule has 0 saturated carbocycles. The topological polar surface area (TPSA) is 32.6 Å². The number of para-hydroxylation sites is 1. The molecule has 0 saturated heterocycles. The van der Waals surface area contributed by atoms with Crippen LogP contribution in [-0.2, 0) is 13.1 Å². The molecule has 2 aromatic heterocycles. The van der Waals surface area contributed by atoms with Crippen molar-refractivity contribution >= 4 is 11.3 Å². The number of pyridine rings is 1. The number of nitrogens with zero attached hydrogens (tertiary/aromatic N) is 3. The molecule has 0 aliphatic carbocycles. The highest BCUT2D eigenvalue weighted by Crippen LogP contribution is 2.23. The van der Waals surface area contributed by atoms with Crippen LogP contribution < -0.4 is 10.2 Å². The Labute approximate surface area is 130 Å². The van der Waals surface area contributed by atoms with Gasteiger partial charge in [-0.05, 0) is 30.2 Å². The van der Waals surface area contributed by atoms with Crippen molar-refractivity contribution in [3.8, 4) is 0 Å². The van der Waals surface area contributed by atoms with Crippen molar-refractivity contribution in [3.63, 3.8) is 0 Å². The van der Waals surface area contributed by atoms with E-state index in [0.29, 0.717) is 0 Å². The van der Waals surface area contributed by atoms with E-state index in [0.717, 1.165) is 37.5 Å². The van der Waals surface area contributed by atoms with Gasteiger partial charge in [-0.3, -0.25) is 0 Å². The van der Waals surface area contributed by atoms with Gasteiger partial charge in [0.2, 0.25) is 0 Å². The zero-order chi connectivity index (χ0) is 14.9. The molecule has 1 N–H and O–H groups in total. The number of imidazole rings is 1. The lowest BCUT2D eigenvalue weighted by Gasteiger charge is -2.23. The molecular formula is C18H20N4. The number of aryl methyl sites for hydroxylation is 1. The van der Waals surface area contributed by atoms with Gasteiger partial charge >= 0.3 is 0 Å². The van der Waals surface area contributed by atoms with Gasteiger partial charge in [-0.1, -0.05) is 24.3 Å². The second-order valence-corrected chi connectivity index (χ2v) is 5.93. The third-order valence-electron chi connectivity index (χ3n) is 4.21. The van der Waals surface area contributed by atoms with Crippen molar-refractivity contribution in [2.45, 2.75) is 20.0 Å². The summed E-state index contributed by atoms with van der Waals surface area (Å²) in [6.45, 7) is 5.90. The van der Waals surface area contributed by atoms with Crippen LogP contribution in [0.4, 0.5) is 5.69 Å². The van der Waals surface area contributed by atoms with Crippen molar-refractivity contribution in [2.24, 2.45) is 0 Å². The highest BCUT2D eigenvalue weighted by Gasteiger charge is 2.15. The maximum Gasteiger partial charge on any atom is 0.137 e. The van der Waals surface area contributed by atoms with E-state index in [1.165, 1.54) is 16.8 Å². The van der Waals surface area contributed by atoms with E-state index in [2.05, 4.69) is 70.3 Å². The van der Waals surface area contributed by atoms with Crippen molar-refractivity contribution in [3.05, 3.63) is 65.6 Å². The average molecular weight is 292 g/mol. The van der Waals surface area contributed by atoms with Gasteiger partial charge in [-0.2, -0.15) is 0 Å². The average Bonchev–Trinajstić information content (AvgIpc) is 2.80. The Balaban J connectivity index is 1.66. The normalized spacial score (nSPS) is 14.9. The molecule has 1 aliphatic rings. The molecule has 112 valence electrons. The summed E-state index contributed by atoms with van der Waals surface area (Å²) in [5, 5.41) is 3.49. The van der Waals surface area contributed by atoms with E-state index in [1.54, 1.807) is 0 Å². The summed E-state index contributed by atoms with van der Waals surface area (Å²) in [5.41, 5.74) is 6.06. The lowest BCUT2D eigenvalue weighted by Crippen LogP contribution is -2.28. The lowest BCUT2D eigenvalue weighted by atomic mass is 10.1. The first-order valence-corrected chi connectivity index (χ1v) is 7.77. The minimum absolute atomic E-state index is 0.847. The molecule has 4 nitrogen and oxygen atoms in total. The molecule has 0 atom stereocenters. The number of anilines is 1. The first-order valence-electron chi connectivity index (χ1n) is 7.77. The van der Waals surface area contributed by atoms with Crippen molar-refractivity contribution in [1.29, 1.82) is 0 Å². The molecule has 0 amide bonds. The lowest BCUT2D eigenvalue weighted by molar-refractivity contribution is 0.686. The molecule has 4 heteroatoms. The number of aromatic nitrogens is 2. The first-order chi connectivity index (χ1) is 10.8. The van der Waals surface area contributed by atoms with Crippen LogP contribution >= 0.6 is 0 Å². The smallest absolute Gasteiger partial charge is 0.137 e. The highest BCUT2D eigenvalue weighted by atomic mass is 15.2. The number of nitrogens with one attached hydrogen (secondary N) is 1. The van der Waals surface area contributed by atoms with Gasteiger partial charge in [0.05, 0.1) is 12.2 Å². The van der Waals surface area contributed by atoms with Gasteiger partial charge in [0.1, 0.15) is 5.65 Å². The molecule has 0 bridgehead atoms. The summed E-state index contributed by atoms with van der Waals surface area (Å²) in [5.74, 6) is 0. The van der Waals surface area contributed by atoms with Crippen LogP contribution in [-0.4, -0.2) is 22.5 Å². The summed E-state index contributed by atoms with van der Waals surface area (Å²) in [6.07, 6.45) is 4.27. The van der Waals surface area contributed by atoms with Gasteiger partial charge in [-0.25, -0.2) is 4.98 Å². The van der Waals surface area contributed by atoms with Crippen LogP contribution in [0.15, 0.2) is 48.8 Å². The molecule has 22 heavy (non-hydrogen) atoms. The molecule has 0 unspecified atom stereocenters. The van der Waals surface area contributed by atoms with Crippen LogP contribution in [0.1, 0.15) is 16.8 Å². The molecule has 1 aromatic carbocycles. The summed E-state index contributed by atoms with van der Waals surface area (Å²) in [6, 6.07) is 12.8. The van der Waals surface area contributed by atoms with Gasteiger partial charge in [0.25, 0.3) is 0 Å². The minimum Gasteiger partial charge on any atom is -0.364 e. The molecule has 1 aliphatic heterocycles.